The Morgan fingerprint density at radius 3 is 2.57 bits per heavy atom. The molecule has 1 aromatic heterocycles. The lowest BCUT2D eigenvalue weighted by Crippen LogP contribution is -2.32. The van der Waals surface area contributed by atoms with Crippen molar-refractivity contribution in [3.63, 3.8) is 0 Å². The predicted molar refractivity (Wildman–Crippen MR) is 80.5 cm³/mol. The van der Waals surface area contributed by atoms with Crippen molar-refractivity contribution in [2.75, 3.05) is 22.9 Å². The van der Waals surface area contributed by atoms with Crippen LogP contribution < -0.4 is 9.80 Å². The Labute approximate surface area is 131 Å². The first-order valence-corrected chi connectivity index (χ1v) is 7.05. The molecule has 1 saturated heterocycles. The molecular formula is C16H14F3N3O. The molecule has 1 aromatic carbocycles. The fourth-order valence-corrected chi connectivity index (χ4v) is 2.59. The third-order valence-electron chi connectivity index (χ3n) is 3.80. The predicted octanol–water partition coefficient (Wildman–Crippen LogP) is 3.86. The van der Waals surface area contributed by atoms with Crippen molar-refractivity contribution in [3.05, 3.63) is 53.9 Å². The second-order valence-electron chi connectivity index (χ2n) is 5.30. The molecule has 0 atom stereocenters. The first-order chi connectivity index (χ1) is 10.9. The molecule has 3 rings (SSSR count). The van der Waals surface area contributed by atoms with E-state index in [1.807, 2.05) is 6.92 Å². The molecule has 2 amide bonds. The maximum Gasteiger partial charge on any atom is 0.416 e. The number of alkyl halides is 3. The van der Waals surface area contributed by atoms with Crippen molar-refractivity contribution < 1.29 is 18.0 Å². The van der Waals surface area contributed by atoms with E-state index in [9.17, 15) is 18.0 Å². The number of rotatable bonds is 2. The number of hydrogen-bond donors (Lipinski definition) is 0. The van der Waals surface area contributed by atoms with Gasteiger partial charge in [-0.3, -0.25) is 14.8 Å². The third-order valence-corrected chi connectivity index (χ3v) is 3.80. The van der Waals surface area contributed by atoms with Crippen molar-refractivity contribution in [1.82, 2.24) is 4.98 Å². The van der Waals surface area contributed by atoms with E-state index in [0.717, 1.165) is 17.7 Å². The van der Waals surface area contributed by atoms with Crippen molar-refractivity contribution in [3.8, 4) is 0 Å². The normalized spacial score (nSPS) is 15.4. The average molecular weight is 321 g/mol. The summed E-state index contributed by atoms with van der Waals surface area (Å²) in [5.41, 5.74) is 1.04. The van der Waals surface area contributed by atoms with Gasteiger partial charge in [-0.1, -0.05) is 6.07 Å². The largest absolute Gasteiger partial charge is 0.416 e. The standard InChI is InChI=1S/C16H14F3N3O/c1-11-5-6-20-10-14(11)22-8-7-21(15(22)23)13-4-2-3-12(9-13)16(17,18)19/h2-6,9-10H,7-8H2,1H3. The van der Waals surface area contributed by atoms with Gasteiger partial charge in [0.1, 0.15) is 0 Å². The molecule has 0 N–H and O–H groups in total. The molecule has 2 heterocycles. The van der Waals surface area contributed by atoms with Gasteiger partial charge in [0, 0.05) is 25.0 Å². The van der Waals surface area contributed by atoms with E-state index < -0.39 is 11.7 Å². The number of halogens is 3. The number of carbonyl (C=O) groups excluding carboxylic acids is 1. The highest BCUT2D eigenvalue weighted by Crippen LogP contribution is 2.33. The lowest BCUT2D eigenvalue weighted by Gasteiger charge is -2.20. The van der Waals surface area contributed by atoms with Gasteiger partial charge >= 0.3 is 12.2 Å². The van der Waals surface area contributed by atoms with Gasteiger partial charge in [-0.05, 0) is 36.8 Å². The maximum absolute atomic E-state index is 12.8. The molecule has 120 valence electrons. The van der Waals surface area contributed by atoms with E-state index >= 15 is 0 Å². The highest BCUT2D eigenvalue weighted by atomic mass is 19.4. The van der Waals surface area contributed by atoms with E-state index in [2.05, 4.69) is 4.98 Å². The summed E-state index contributed by atoms with van der Waals surface area (Å²) < 4.78 is 38.5. The zero-order chi connectivity index (χ0) is 16.6. The molecule has 0 saturated carbocycles. The van der Waals surface area contributed by atoms with Gasteiger partial charge < -0.3 is 0 Å². The Bertz CT molecular complexity index is 745. The van der Waals surface area contributed by atoms with Crippen LogP contribution in [0.2, 0.25) is 0 Å². The summed E-state index contributed by atoms with van der Waals surface area (Å²) >= 11 is 0. The molecule has 23 heavy (non-hydrogen) atoms. The molecule has 0 unspecified atom stereocenters. The molecule has 0 spiro atoms. The molecule has 4 nitrogen and oxygen atoms in total. The second kappa shape index (κ2) is 5.57. The zero-order valence-electron chi connectivity index (χ0n) is 12.3. The fraction of sp³-hybridized carbons (Fsp3) is 0.250. The number of urea groups is 1. The smallest absolute Gasteiger partial charge is 0.292 e. The molecule has 0 bridgehead atoms. The molecule has 1 aliphatic rings. The summed E-state index contributed by atoms with van der Waals surface area (Å²) in [6.07, 6.45) is -1.22. The van der Waals surface area contributed by atoms with Crippen LogP contribution in [-0.4, -0.2) is 24.1 Å². The van der Waals surface area contributed by atoms with Gasteiger partial charge in [0.2, 0.25) is 0 Å². The van der Waals surface area contributed by atoms with Crippen molar-refractivity contribution in [1.29, 1.82) is 0 Å². The Morgan fingerprint density at radius 1 is 1.13 bits per heavy atom. The quantitative estimate of drug-likeness (QED) is 0.842. The average Bonchev–Trinajstić information content (AvgIpc) is 2.89. The van der Waals surface area contributed by atoms with Crippen LogP contribution in [-0.2, 0) is 6.18 Å². The number of pyridine rings is 1. The number of aryl methyl sites for hydroxylation is 1. The topological polar surface area (TPSA) is 36.4 Å². The number of anilines is 2. The number of aromatic nitrogens is 1. The Hall–Kier alpha value is -2.57. The minimum Gasteiger partial charge on any atom is -0.292 e. The summed E-state index contributed by atoms with van der Waals surface area (Å²) in [4.78, 5) is 19.4. The van der Waals surface area contributed by atoms with Crippen LogP contribution in [0.4, 0.5) is 29.3 Å². The number of hydrogen-bond acceptors (Lipinski definition) is 2. The molecule has 1 aliphatic heterocycles. The van der Waals surface area contributed by atoms with E-state index in [1.54, 1.807) is 18.5 Å². The minimum absolute atomic E-state index is 0.244. The van der Waals surface area contributed by atoms with Gasteiger partial charge in [0.25, 0.3) is 0 Å². The van der Waals surface area contributed by atoms with Crippen LogP contribution in [0.1, 0.15) is 11.1 Å². The first-order valence-electron chi connectivity index (χ1n) is 7.05. The molecule has 0 aliphatic carbocycles. The van der Waals surface area contributed by atoms with Crippen LogP contribution in [0, 0.1) is 6.92 Å². The molecule has 1 fully saturated rings. The highest BCUT2D eigenvalue weighted by molar-refractivity contribution is 6.06. The van der Waals surface area contributed by atoms with Crippen LogP contribution in [0.3, 0.4) is 0 Å². The lowest BCUT2D eigenvalue weighted by atomic mass is 10.2. The first kappa shape index (κ1) is 15.3. The van der Waals surface area contributed by atoms with E-state index in [1.165, 1.54) is 21.9 Å². The van der Waals surface area contributed by atoms with Crippen molar-refractivity contribution in [2.24, 2.45) is 0 Å². The summed E-state index contributed by atoms with van der Waals surface area (Å²) in [6.45, 7) is 2.59. The summed E-state index contributed by atoms with van der Waals surface area (Å²) in [7, 11) is 0. The van der Waals surface area contributed by atoms with Gasteiger partial charge in [-0.15, -0.1) is 0 Å². The van der Waals surface area contributed by atoms with Crippen LogP contribution >= 0.6 is 0 Å². The number of nitrogens with zero attached hydrogens (tertiary/aromatic N) is 3. The Kier molecular flexibility index (Phi) is 3.71. The SMILES string of the molecule is Cc1ccncc1N1CCN(c2cccc(C(F)(F)F)c2)C1=O. The number of benzene rings is 1. The molecule has 7 heteroatoms. The third kappa shape index (κ3) is 2.86. The van der Waals surface area contributed by atoms with E-state index in [-0.39, 0.29) is 11.7 Å². The van der Waals surface area contributed by atoms with E-state index in [4.69, 9.17) is 0 Å². The number of amides is 2. The molecule has 2 aromatic rings. The van der Waals surface area contributed by atoms with Gasteiger partial charge in [0.15, 0.2) is 0 Å². The molecular weight excluding hydrogens is 307 g/mol. The Morgan fingerprint density at radius 2 is 1.87 bits per heavy atom. The fourth-order valence-electron chi connectivity index (χ4n) is 2.59. The van der Waals surface area contributed by atoms with Crippen LogP contribution in [0.5, 0.6) is 0 Å². The van der Waals surface area contributed by atoms with Crippen LogP contribution in [0.15, 0.2) is 42.7 Å². The second-order valence-corrected chi connectivity index (χ2v) is 5.30. The Balaban J connectivity index is 1.89. The molecule has 0 radical (unpaired) electrons. The lowest BCUT2D eigenvalue weighted by molar-refractivity contribution is -0.137. The summed E-state index contributed by atoms with van der Waals surface area (Å²) in [6, 6.07) is 6.25. The minimum atomic E-state index is -4.43. The van der Waals surface area contributed by atoms with Gasteiger partial charge in [-0.25, -0.2) is 4.79 Å². The van der Waals surface area contributed by atoms with Crippen LogP contribution in [0.25, 0.3) is 0 Å². The monoisotopic (exact) mass is 321 g/mol. The number of carbonyl (C=O) groups is 1. The van der Waals surface area contributed by atoms with Gasteiger partial charge in [-0.2, -0.15) is 13.2 Å². The highest BCUT2D eigenvalue weighted by Gasteiger charge is 2.34. The van der Waals surface area contributed by atoms with E-state index in [0.29, 0.717) is 18.8 Å². The summed E-state index contributed by atoms with van der Waals surface area (Å²) in [5, 5.41) is 0. The van der Waals surface area contributed by atoms with Crippen molar-refractivity contribution >= 4 is 17.4 Å². The van der Waals surface area contributed by atoms with Gasteiger partial charge in [0.05, 0.1) is 17.4 Å². The zero-order valence-corrected chi connectivity index (χ0v) is 12.3. The van der Waals surface area contributed by atoms with Crippen molar-refractivity contribution in [2.45, 2.75) is 13.1 Å². The summed E-state index contributed by atoms with van der Waals surface area (Å²) in [5.74, 6) is 0. The maximum atomic E-state index is 12.8.